The number of carbonyl (C=O) groups is 2. The Morgan fingerprint density at radius 1 is 1.14 bits per heavy atom. The Labute approximate surface area is 210 Å². The third kappa shape index (κ3) is 5.17. The molecular formula is C28H31NO5S. The molecule has 35 heavy (non-hydrogen) atoms. The van der Waals surface area contributed by atoms with Gasteiger partial charge < -0.3 is 19.1 Å². The molecule has 3 heterocycles. The van der Waals surface area contributed by atoms with Crippen LogP contribution in [0, 0.1) is 0 Å². The molecule has 0 saturated carbocycles. The van der Waals surface area contributed by atoms with Gasteiger partial charge in [0.1, 0.15) is 6.04 Å². The minimum atomic E-state index is -0.698. The van der Waals surface area contributed by atoms with Crippen molar-refractivity contribution >= 4 is 23.6 Å². The van der Waals surface area contributed by atoms with Crippen LogP contribution in [0.25, 0.3) is 0 Å². The molecule has 3 saturated heterocycles. The molecule has 0 aliphatic carbocycles. The number of benzene rings is 2. The molecule has 6 nitrogen and oxygen atoms in total. The topological polar surface area (TPSA) is 65.1 Å². The minimum Gasteiger partial charge on any atom is -0.451 e. The smallest absolute Gasteiger partial charge is 0.331 e. The number of thioether (sulfide) groups is 1. The van der Waals surface area contributed by atoms with E-state index in [-0.39, 0.29) is 17.6 Å². The first-order valence-corrected chi connectivity index (χ1v) is 13.1. The van der Waals surface area contributed by atoms with Crippen molar-refractivity contribution in [2.24, 2.45) is 0 Å². The van der Waals surface area contributed by atoms with Crippen LogP contribution < -0.4 is 0 Å². The molecule has 3 fully saturated rings. The molecule has 0 bridgehead atoms. The zero-order valence-electron chi connectivity index (χ0n) is 19.9. The fraction of sp³-hybridized carbons (Fsp3) is 0.429. The molecule has 184 valence electrons. The van der Waals surface area contributed by atoms with Crippen molar-refractivity contribution in [2.45, 2.75) is 61.2 Å². The van der Waals surface area contributed by atoms with E-state index in [9.17, 15) is 9.59 Å². The van der Waals surface area contributed by atoms with Crippen molar-refractivity contribution in [1.29, 1.82) is 0 Å². The molecule has 2 aromatic rings. The normalized spacial score (nSPS) is 28.2. The number of carbonyl (C=O) groups excluding carboxylic acids is 2. The number of hydrogen-bond acceptors (Lipinski definition) is 6. The summed E-state index contributed by atoms with van der Waals surface area (Å²) in [7, 11) is 0. The van der Waals surface area contributed by atoms with Crippen molar-refractivity contribution < 1.29 is 23.8 Å². The van der Waals surface area contributed by atoms with Crippen LogP contribution in [-0.4, -0.2) is 52.4 Å². The van der Waals surface area contributed by atoms with E-state index in [1.807, 2.05) is 79.7 Å². The van der Waals surface area contributed by atoms with Crippen LogP contribution >= 0.6 is 11.8 Å². The molecule has 5 rings (SSSR count). The van der Waals surface area contributed by atoms with Crippen molar-refractivity contribution in [1.82, 2.24) is 4.90 Å². The highest BCUT2D eigenvalue weighted by molar-refractivity contribution is 8.01. The third-order valence-corrected chi connectivity index (χ3v) is 8.32. The Morgan fingerprint density at radius 2 is 1.83 bits per heavy atom. The molecule has 7 heteroatoms. The summed E-state index contributed by atoms with van der Waals surface area (Å²) in [5, 5.41) is -0.0100. The zero-order chi connectivity index (χ0) is 24.3. The molecule has 3 aliphatic heterocycles. The van der Waals surface area contributed by atoms with Crippen molar-refractivity contribution in [2.75, 3.05) is 13.2 Å². The second kappa shape index (κ2) is 10.6. The van der Waals surface area contributed by atoms with Gasteiger partial charge in [-0.1, -0.05) is 72.8 Å². The summed E-state index contributed by atoms with van der Waals surface area (Å²) in [6.45, 7) is 3.14. The summed E-state index contributed by atoms with van der Waals surface area (Å²) in [5.74, 6) is -0.404. The molecule has 0 aromatic heterocycles. The quantitative estimate of drug-likeness (QED) is 0.298. The lowest BCUT2D eigenvalue weighted by atomic mass is 9.95. The maximum absolute atomic E-state index is 13.7. The highest BCUT2D eigenvalue weighted by Gasteiger charge is 2.60. The Morgan fingerprint density at radius 3 is 2.43 bits per heavy atom. The predicted octanol–water partition coefficient (Wildman–Crippen LogP) is 4.85. The van der Waals surface area contributed by atoms with Gasteiger partial charge in [0.25, 0.3) is 0 Å². The van der Waals surface area contributed by atoms with Gasteiger partial charge in [-0.25, -0.2) is 4.79 Å². The molecular weight excluding hydrogens is 462 g/mol. The van der Waals surface area contributed by atoms with Crippen LogP contribution in [0.15, 0.2) is 72.8 Å². The number of fused-ring (bicyclic) bond motifs is 1. The lowest BCUT2D eigenvalue weighted by molar-refractivity contribution is -0.163. The fourth-order valence-electron chi connectivity index (χ4n) is 4.97. The molecule has 4 atom stereocenters. The van der Waals surface area contributed by atoms with Gasteiger partial charge in [-0.05, 0) is 37.3 Å². The first kappa shape index (κ1) is 24.1. The fourth-order valence-corrected chi connectivity index (χ4v) is 6.65. The predicted molar refractivity (Wildman–Crippen MR) is 135 cm³/mol. The lowest BCUT2D eigenvalue weighted by Gasteiger charge is -2.38. The van der Waals surface area contributed by atoms with E-state index < -0.39 is 22.9 Å². The number of rotatable bonds is 8. The van der Waals surface area contributed by atoms with Gasteiger partial charge in [0.2, 0.25) is 5.91 Å². The second-order valence-corrected chi connectivity index (χ2v) is 11.0. The summed E-state index contributed by atoms with van der Waals surface area (Å²) < 4.78 is 17.0. The molecule has 0 radical (unpaired) electrons. The van der Waals surface area contributed by atoms with Crippen molar-refractivity contribution in [3.8, 4) is 0 Å². The summed E-state index contributed by atoms with van der Waals surface area (Å²) in [5.41, 5.74) is 1.78. The third-order valence-electron chi connectivity index (χ3n) is 6.79. The number of hydrogen-bond donors (Lipinski definition) is 0. The van der Waals surface area contributed by atoms with Crippen LogP contribution in [0.1, 0.15) is 49.8 Å². The first-order valence-electron chi connectivity index (χ1n) is 12.3. The highest BCUT2D eigenvalue weighted by atomic mass is 32.2. The largest absolute Gasteiger partial charge is 0.451 e. The number of β-lactam (4-membered cyclic amide) rings is 1. The monoisotopic (exact) mass is 493 g/mol. The highest BCUT2D eigenvalue weighted by Crippen LogP contribution is 2.52. The number of nitrogens with zero attached hydrogens (tertiary/aromatic N) is 1. The van der Waals surface area contributed by atoms with Crippen LogP contribution in [0.3, 0.4) is 0 Å². The average molecular weight is 494 g/mol. The maximum atomic E-state index is 13.7. The van der Waals surface area contributed by atoms with Crippen LogP contribution in [0.4, 0.5) is 0 Å². The summed E-state index contributed by atoms with van der Waals surface area (Å²) >= 11 is 1.64. The van der Waals surface area contributed by atoms with E-state index in [1.54, 1.807) is 16.7 Å². The van der Waals surface area contributed by atoms with E-state index >= 15 is 0 Å². The molecule has 1 amide bonds. The van der Waals surface area contributed by atoms with Crippen molar-refractivity contribution in [3.05, 3.63) is 83.9 Å². The van der Waals surface area contributed by atoms with Crippen LogP contribution in [0.5, 0.6) is 0 Å². The van der Waals surface area contributed by atoms with Crippen molar-refractivity contribution in [3.63, 3.8) is 0 Å². The summed E-state index contributed by atoms with van der Waals surface area (Å²) in [4.78, 5) is 27.9. The Kier molecular flexibility index (Phi) is 7.27. The Bertz CT molecular complexity index is 1020. The van der Waals surface area contributed by atoms with E-state index in [0.29, 0.717) is 13.0 Å². The molecule has 0 spiro atoms. The van der Waals surface area contributed by atoms with E-state index in [4.69, 9.17) is 14.2 Å². The second-order valence-electron chi connectivity index (χ2n) is 9.33. The first-order chi connectivity index (χ1) is 17.0. The van der Waals surface area contributed by atoms with E-state index in [0.717, 1.165) is 37.0 Å². The molecule has 0 N–H and O–H groups in total. The van der Waals surface area contributed by atoms with Crippen LogP contribution in [-0.2, 0) is 23.8 Å². The summed E-state index contributed by atoms with van der Waals surface area (Å²) in [6.07, 6.45) is 6.75. The van der Waals surface area contributed by atoms with E-state index in [2.05, 4.69) is 0 Å². The number of amides is 1. The van der Waals surface area contributed by atoms with Gasteiger partial charge in [-0.3, -0.25) is 4.79 Å². The molecule has 2 aromatic carbocycles. The maximum Gasteiger partial charge on any atom is 0.331 e. The van der Waals surface area contributed by atoms with E-state index in [1.165, 1.54) is 0 Å². The van der Waals surface area contributed by atoms with Gasteiger partial charge in [0.05, 0.1) is 23.1 Å². The zero-order valence-corrected chi connectivity index (χ0v) is 20.7. The minimum absolute atomic E-state index is 0.00981. The number of ether oxygens (including phenoxy) is 3. The Balaban J connectivity index is 1.34. The van der Waals surface area contributed by atoms with Gasteiger partial charge in [0.15, 0.2) is 12.4 Å². The van der Waals surface area contributed by atoms with Gasteiger partial charge in [-0.15, -0.1) is 11.8 Å². The Hall–Kier alpha value is -2.61. The average Bonchev–Trinajstić information content (AvgIpc) is 3.13. The van der Waals surface area contributed by atoms with Gasteiger partial charge >= 0.3 is 5.97 Å². The molecule has 3 aliphatic rings. The SMILES string of the molecule is C[C@@]1(/C=C/COC2CCCCO2)S[C@@H]2CC(=O)N2[C@H]1C(=O)OC(c1ccccc1)c1ccccc1. The van der Waals surface area contributed by atoms with Gasteiger partial charge in [0, 0.05) is 6.61 Å². The summed E-state index contributed by atoms with van der Waals surface area (Å²) in [6, 6.07) is 18.7. The number of esters is 1. The van der Waals surface area contributed by atoms with Crippen LogP contribution in [0.2, 0.25) is 0 Å². The standard InChI is InChI=1S/C28H31NO5S/c1-28(16-10-18-33-24-15-8-9-17-32-24)26(29-22(30)19-23(29)35-28)27(31)34-25(20-11-4-2-5-12-20)21-13-6-3-7-14-21/h2-7,10-14,16,23-26H,8-9,15,17-19H2,1H3/b16-10+/t23-,24?,26+,28+/m1/s1. The molecule has 1 unspecified atom stereocenters. The lowest BCUT2D eigenvalue weighted by Crippen LogP contribution is -2.57. The van der Waals surface area contributed by atoms with Gasteiger partial charge in [-0.2, -0.15) is 0 Å².